The highest BCUT2D eigenvalue weighted by Gasteiger charge is 2.20. The van der Waals surface area contributed by atoms with Crippen LogP contribution in [-0.2, 0) is 10.0 Å². The number of methoxy groups -OCH3 is 1. The number of hydrogen-bond donors (Lipinski definition) is 3. The van der Waals surface area contributed by atoms with Crippen LogP contribution in [0.3, 0.4) is 0 Å². The molecule has 0 bridgehead atoms. The number of nitrogens with one attached hydrogen (secondary N) is 2. The molecule has 0 aliphatic rings. The van der Waals surface area contributed by atoms with E-state index in [9.17, 15) is 12.8 Å². The van der Waals surface area contributed by atoms with Gasteiger partial charge in [0.15, 0.2) is 5.65 Å². The SMILES string of the molecule is COc1ccc(F)c(S(=O)(=O)Nc2ccc(-c3ccc4c(N)[nH]nc4n3)cc2)c1. The van der Waals surface area contributed by atoms with Crippen LogP contribution in [0.2, 0.25) is 0 Å². The molecule has 0 fully saturated rings. The minimum absolute atomic E-state index is 0.239. The van der Waals surface area contributed by atoms with Gasteiger partial charge in [-0.05, 0) is 36.4 Å². The number of H-pyrrole nitrogens is 1. The average molecular weight is 413 g/mol. The predicted octanol–water partition coefficient (Wildman–Crippen LogP) is 3.16. The zero-order valence-corrected chi connectivity index (χ0v) is 16.0. The molecule has 0 unspecified atom stereocenters. The van der Waals surface area contributed by atoms with Gasteiger partial charge in [0, 0.05) is 17.3 Å². The molecule has 0 radical (unpaired) electrons. The third kappa shape index (κ3) is 3.57. The van der Waals surface area contributed by atoms with E-state index >= 15 is 0 Å². The molecule has 0 aliphatic carbocycles. The summed E-state index contributed by atoms with van der Waals surface area (Å²) in [6.07, 6.45) is 0. The van der Waals surface area contributed by atoms with Crippen molar-refractivity contribution in [3.63, 3.8) is 0 Å². The third-order valence-electron chi connectivity index (χ3n) is 4.31. The molecule has 0 amide bonds. The summed E-state index contributed by atoms with van der Waals surface area (Å²) >= 11 is 0. The van der Waals surface area contributed by atoms with E-state index in [0.717, 1.165) is 23.1 Å². The van der Waals surface area contributed by atoms with Crippen LogP contribution in [0.5, 0.6) is 5.75 Å². The first kappa shape index (κ1) is 18.7. The molecule has 4 N–H and O–H groups in total. The fraction of sp³-hybridized carbons (Fsp3) is 0.0526. The number of nitrogens with two attached hydrogens (primary N) is 1. The second kappa shape index (κ2) is 7.06. The molecule has 8 nitrogen and oxygen atoms in total. The lowest BCUT2D eigenvalue weighted by Crippen LogP contribution is -2.14. The first-order valence-corrected chi connectivity index (χ1v) is 9.93. The first-order chi connectivity index (χ1) is 13.9. The monoisotopic (exact) mass is 413 g/mol. The van der Waals surface area contributed by atoms with Crippen molar-refractivity contribution in [2.45, 2.75) is 4.90 Å². The summed E-state index contributed by atoms with van der Waals surface area (Å²) in [5.41, 5.74) is 7.93. The maximum Gasteiger partial charge on any atom is 0.264 e. The van der Waals surface area contributed by atoms with Crippen molar-refractivity contribution >= 4 is 32.6 Å². The van der Waals surface area contributed by atoms with Gasteiger partial charge in [-0.3, -0.25) is 9.82 Å². The van der Waals surface area contributed by atoms with Crippen LogP contribution >= 0.6 is 0 Å². The molecule has 0 saturated carbocycles. The zero-order chi connectivity index (χ0) is 20.6. The molecule has 2 aromatic carbocycles. The smallest absolute Gasteiger partial charge is 0.264 e. The third-order valence-corrected chi connectivity index (χ3v) is 5.70. The highest BCUT2D eigenvalue weighted by molar-refractivity contribution is 7.92. The maximum atomic E-state index is 14.0. The van der Waals surface area contributed by atoms with Gasteiger partial charge in [-0.25, -0.2) is 17.8 Å². The lowest BCUT2D eigenvalue weighted by molar-refractivity contribution is 0.411. The predicted molar refractivity (Wildman–Crippen MR) is 107 cm³/mol. The lowest BCUT2D eigenvalue weighted by atomic mass is 10.1. The number of benzene rings is 2. The van der Waals surface area contributed by atoms with Gasteiger partial charge in [0.2, 0.25) is 0 Å². The average Bonchev–Trinajstić information content (AvgIpc) is 3.09. The topological polar surface area (TPSA) is 123 Å². The van der Waals surface area contributed by atoms with Crippen LogP contribution < -0.4 is 15.2 Å². The molecule has 0 saturated heterocycles. The molecule has 4 aromatic rings. The lowest BCUT2D eigenvalue weighted by Gasteiger charge is -2.11. The summed E-state index contributed by atoms with van der Waals surface area (Å²) in [6.45, 7) is 0. The highest BCUT2D eigenvalue weighted by atomic mass is 32.2. The van der Waals surface area contributed by atoms with Gasteiger partial charge in [-0.2, -0.15) is 5.10 Å². The van der Waals surface area contributed by atoms with Crippen LogP contribution in [0, 0.1) is 5.82 Å². The number of fused-ring (bicyclic) bond motifs is 1. The second-order valence-corrected chi connectivity index (χ2v) is 7.83. The summed E-state index contributed by atoms with van der Waals surface area (Å²) < 4.78 is 46.5. The maximum absolute atomic E-state index is 14.0. The Morgan fingerprint density at radius 3 is 2.59 bits per heavy atom. The van der Waals surface area contributed by atoms with Gasteiger partial charge in [0.1, 0.15) is 22.3 Å². The summed E-state index contributed by atoms with van der Waals surface area (Å²) in [6, 6.07) is 13.6. The van der Waals surface area contributed by atoms with Gasteiger partial charge >= 0.3 is 0 Å². The number of pyridine rings is 1. The van der Waals surface area contributed by atoms with Gasteiger partial charge < -0.3 is 10.5 Å². The van der Waals surface area contributed by atoms with Crippen molar-refractivity contribution in [2.75, 3.05) is 17.6 Å². The van der Waals surface area contributed by atoms with E-state index in [0.29, 0.717) is 17.2 Å². The normalized spacial score (nSPS) is 11.5. The molecule has 0 spiro atoms. The van der Waals surface area contributed by atoms with Gasteiger partial charge in [-0.15, -0.1) is 0 Å². The van der Waals surface area contributed by atoms with E-state index in [-0.39, 0.29) is 11.4 Å². The first-order valence-electron chi connectivity index (χ1n) is 8.45. The summed E-state index contributed by atoms with van der Waals surface area (Å²) in [5.74, 6) is -0.193. The molecule has 10 heteroatoms. The minimum atomic E-state index is -4.13. The van der Waals surface area contributed by atoms with Crippen molar-refractivity contribution < 1.29 is 17.5 Å². The molecular weight excluding hydrogens is 397 g/mol. The van der Waals surface area contributed by atoms with Crippen molar-refractivity contribution in [3.05, 3.63) is 60.4 Å². The van der Waals surface area contributed by atoms with Crippen LogP contribution in [0.1, 0.15) is 0 Å². The molecule has 0 atom stereocenters. The van der Waals surface area contributed by atoms with E-state index in [1.165, 1.54) is 13.2 Å². The van der Waals surface area contributed by atoms with Crippen LogP contribution in [0.15, 0.2) is 59.5 Å². The van der Waals surface area contributed by atoms with Crippen LogP contribution in [0.25, 0.3) is 22.3 Å². The molecule has 2 heterocycles. The summed E-state index contributed by atoms with van der Waals surface area (Å²) in [4.78, 5) is 3.93. The Morgan fingerprint density at radius 2 is 1.86 bits per heavy atom. The Hall–Kier alpha value is -3.66. The number of aromatic amines is 1. The fourth-order valence-corrected chi connectivity index (χ4v) is 3.97. The highest BCUT2D eigenvalue weighted by Crippen LogP contribution is 2.26. The van der Waals surface area contributed by atoms with Crippen molar-refractivity contribution in [2.24, 2.45) is 0 Å². The number of hydrogen-bond acceptors (Lipinski definition) is 6. The zero-order valence-electron chi connectivity index (χ0n) is 15.2. The molecular formula is C19H16FN5O3S. The number of ether oxygens (including phenoxy) is 1. The molecule has 148 valence electrons. The van der Waals surface area contributed by atoms with E-state index in [1.54, 1.807) is 36.4 Å². The second-order valence-electron chi connectivity index (χ2n) is 6.18. The number of aromatic nitrogens is 3. The molecule has 2 aromatic heterocycles. The van der Waals surface area contributed by atoms with Gasteiger partial charge in [0.25, 0.3) is 10.0 Å². The van der Waals surface area contributed by atoms with Gasteiger partial charge in [-0.1, -0.05) is 12.1 Å². The van der Waals surface area contributed by atoms with Crippen LogP contribution in [-0.4, -0.2) is 30.7 Å². The Morgan fingerprint density at radius 1 is 1.10 bits per heavy atom. The number of anilines is 2. The van der Waals surface area contributed by atoms with E-state index in [2.05, 4.69) is 19.9 Å². The Balaban J connectivity index is 1.60. The fourth-order valence-electron chi connectivity index (χ4n) is 2.81. The quantitative estimate of drug-likeness (QED) is 0.462. The number of sulfonamides is 1. The number of nitrogens with zero attached hydrogens (tertiary/aromatic N) is 2. The van der Waals surface area contributed by atoms with E-state index in [1.807, 2.05) is 0 Å². The van der Waals surface area contributed by atoms with Crippen molar-refractivity contribution in [3.8, 4) is 17.0 Å². The largest absolute Gasteiger partial charge is 0.497 e. The summed E-state index contributed by atoms with van der Waals surface area (Å²) in [5, 5.41) is 7.42. The number of halogens is 1. The van der Waals surface area contributed by atoms with Crippen molar-refractivity contribution in [1.82, 2.24) is 15.2 Å². The van der Waals surface area contributed by atoms with E-state index in [4.69, 9.17) is 10.5 Å². The number of nitrogen functional groups attached to an aromatic ring is 1. The molecule has 29 heavy (non-hydrogen) atoms. The molecule has 0 aliphatic heterocycles. The standard InChI is InChI=1S/C19H16FN5O3S/c1-28-13-6-8-15(20)17(10-13)29(26,27)25-12-4-2-11(3-5-12)16-9-7-14-18(21)23-24-19(14)22-16/h2-10,25H,1H3,(H3,21,22,23,24). The van der Waals surface area contributed by atoms with Crippen LogP contribution in [0.4, 0.5) is 15.9 Å². The Labute approximate surface area is 165 Å². The van der Waals surface area contributed by atoms with Crippen molar-refractivity contribution in [1.29, 1.82) is 0 Å². The Kier molecular flexibility index (Phi) is 4.55. The number of rotatable bonds is 5. The van der Waals surface area contributed by atoms with E-state index < -0.39 is 20.7 Å². The van der Waals surface area contributed by atoms with Gasteiger partial charge in [0.05, 0.1) is 18.2 Å². The Bertz CT molecular complexity index is 1300. The summed E-state index contributed by atoms with van der Waals surface area (Å²) in [7, 11) is -2.76. The minimum Gasteiger partial charge on any atom is -0.497 e. The molecule has 4 rings (SSSR count).